The molecule has 4 rings (SSSR count). The number of aryl methyl sites for hydroxylation is 1. The predicted octanol–water partition coefficient (Wildman–Crippen LogP) is 9.13. The summed E-state index contributed by atoms with van der Waals surface area (Å²) in [4.78, 5) is 29.2. The van der Waals surface area contributed by atoms with Crippen LogP contribution < -0.4 is 15.4 Å². The summed E-state index contributed by atoms with van der Waals surface area (Å²) in [5.41, 5.74) is 2.48. The minimum absolute atomic E-state index is 0.0762. The molecule has 1 aromatic heterocycles. The zero-order valence-electron chi connectivity index (χ0n) is 27.2. The number of ether oxygens (including phenoxy) is 1. The van der Waals surface area contributed by atoms with Crippen LogP contribution in [0.1, 0.15) is 120 Å². The van der Waals surface area contributed by atoms with E-state index in [4.69, 9.17) is 9.15 Å². The van der Waals surface area contributed by atoms with Gasteiger partial charge in [-0.3, -0.25) is 4.79 Å². The van der Waals surface area contributed by atoms with Crippen molar-refractivity contribution >= 4 is 28.5 Å². The van der Waals surface area contributed by atoms with Gasteiger partial charge in [-0.15, -0.1) is 0 Å². The Hall–Kier alpha value is -3.32. The molecule has 0 atom stereocenters. The number of urea groups is 1. The van der Waals surface area contributed by atoms with Crippen LogP contribution in [0.25, 0.3) is 11.0 Å². The highest BCUT2D eigenvalue weighted by molar-refractivity contribution is 6.17. The number of nitrogens with one attached hydrogen (secondary N) is 2. The molecule has 7 heteroatoms. The maximum Gasteiger partial charge on any atom is 0.319 e. The van der Waals surface area contributed by atoms with Crippen molar-refractivity contribution in [3.63, 3.8) is 0 Å². The summed E-state index contributed by atoms with van der Waals surface area (Å²) in [6.45, 7) is 10.6. The molecule has 2 amide bonds. The van der Waals surface area contributed by atoms with Crippen LogP contribution in [0.2, 0.25) is 0 Å². The van der Waals surface area contributed by atoms with Gasteiger partial charge in [-0.1, -0.05) is 59.3 Å². The fourth-order valence-corrected chi connectivity index (χ4v) is 6.01. The molecule has 0 unspecified atom stereocenters. The van der Waals surface area contributed by atoms with Crippen LogP contribution >= 0.6 is 0 Å². The van der Waals surface area contributed by atoms with Crippen molar-refractivity contribution in [2.24, 2.45) is 0 Å². The molecule has 0 aliphatic heterocycles. The van der Waals surface area contributed by atoms with E-state index in [0.29, 0.717) is 41.2 Å². The predicted molar refractivity (Wildman–Crippen MR) is 180 cm³/mol. The maximum atomic E-state index is 13.9. The molecular formula is C37H53N3O4. The number of anilines is 1. The summed E-state index contributed by atoms with van der Waals surface area (Å²) in [6.07, 6.45) is 14.1. The van der Waals surface area contributed by atoms with Crippen LogP contribution in [0, 0.1) is 0 Å². The summed E-state index contributed by atoms with van der Waals surface area (Å²) in [5.74, 6) is 1.40. The Balaban J connectivity index is 1.42. The van der Waals surface area contributed by atoms with E-state index in [9.17, 15) is 9.59 Å². The molecule has 2 N–H and O–H groups in total. The Morgan fingerprint density at radius 1 is 0.864 bits per heavy atom. The summed E-state index contributed by atoms with van der Waals surface area (Å²) in [6, 6.07) is 13.0. The van der Waals surface area contributed by atoms with Gasteiger partial charge in [0.05, 0.1) is 12.2 Å². The van der Waals surface area contributed by atoms with Crippen molar-refractivity contribution < 1.29 is 18.7 Å². The summed E-state index contributed by atoms with van der Waals surface area (Å²) >= 11 is 0. The molecule has 1 aliphatic rings. The van der Waals surface area contributed by atoms with Gasteiger partial charge in [0.15, 0.2) is 5.78 Å². The lowest BCUT2D eigenvalue weighted by Crippen LogP contribution is -2.38. The van der Waals surface area contributed by atoms with Gasteiger partial charge in [0.25, 0.3) is 0 Å². The number of unbranched alkanes of at least 4 members (excludes halogenated alkanes) is 3. The Labute approximate surface area is 264 Å². The van der Waals surface area contributed by atoms with Crippen LogP contribution in [0.5, 0.6) is 5.75 Å². The van der Waals surface area contributed by atoms with E-state index in [2.05, 4.69) is 36.3 Å². The molecule has 2 aromatic carbocycles. The maximum absolute atomic E-state index is 13.9. The largest absolute Gasteiger partial charge is 0.494 e. The molecule has 1 aliphatic carbocycles. The summed E-state index contributed by atoms with van der Waals surface area (Å²) < 4.78 is 12.2. The smallest absolute Gasteiger partial charge is 0.319 e. The number of rotatable bonds is 18. The number of furan rings is 1. The minimum Gasteiger partial charge on any atom is -0.494 e. The molecule has 0 radical (unpaired) electrons. The third-order valence-electron chi connectivity index (χ3n) is 8.60. The van der Waals surface area contributed by atoms with E-state index in [-0.39, 0.29) is 17.9 Å². The molecule has 1 fully saturated rings. The lowest BCUT2D eigenvalue weighted by atomic mass is 9.96. The number of nitrogens with zero attached hydrogens (tertiary/aromatic N) is 1. The fourth-order valence-electron chi connectivity index (χ4n) is 6.01. The fraction of sp³-hybridized carbons (Fsp3) is 0.568. The second kappa shape index (κ2) is 17.8. The van der Waals surface area contributed by atoms with Crippen molar-refractivity contribution in [1.82, 2.24) is 10.2 Å². The van der Waals surface area contributed by atoms with Crippen LogP contribution in [0.4, 0.5) is 10.5 Å². The first-order valence-electron chi connectivity index (χ1n) is 17.1. The molecule has 7 nitrogen and oxygen atoms in total. The average molecular weight is 604 g/mol. The van der Waals surface area contributed by atoms with Crippen molar-refractivity contribution in [3.05, 3.63) is 59.4 Å². The lowest BCUT2D eigenvalue weighted by Gasteiger charge is -2.22. The molecule has 0 bridgehead atoms. The first kappa shape index (κ1) is 33.6. The van der Waals surface area contributed by atoms with E-state index in [1.807, 2.05) is 42.5 Å². The van der Waals surface area contributed by atoms with Crippen LogP contribution in [0.15, 0.2) is 46.9 Å². The zero-order chi connectivity index (χ0) is 31.1. The Morgan fingerprint density at radius 3 is 2.23 bits per heavy atom. The molecule has 1 saturated carbocycles. The number of ketones is 1. The van der Waals surface area contributed by atoms with Gasteiger partial charge in [-0.25, -0.2) is 4.79 Å². The number of benzene rings is 2. The van der Waals surface area contributed by atoms with Gasteiger partial charge in [0, 0.05) is 35.6 Å². The van der Waals surface area contributed by atoms with Gasteiger partial charge in [-0.2, -0.15) is 0 Å². The van der Waals surface area contributed by atoms with Gasteiger partial charge in [0.2, 0.25) is 0 Å². The monoisotopic (exact) mass is 603 g/mol. The van der Waals surface area contributed by atoms with Crippen molar-refractivity contribution in [1.29, 1.82) is 0 Å². The number of hydrogen-bond donors (Lipinski definition) is 2. The van der Waals surface area contributed by atoms with Gasteiger partial charge in [0.1, 0.15) is 17.1 Å². The molecule has 0 saturated heterocycles. The highest BCUT2D eigenvalue weighted by Crippen LogP contribution is 2.32. The Morgan fingerprint density at radius 2 is 1.55 bits per heavy atom. The second-order valence-corrected chi connectivity index (χ2v) is 12.3. The standard InChI is InChI=1S/C37H53N3O4/c1-4-7-16-34-35(32-27-30(19-22-33(32)44-34)39-37(42)38-29-14-11-10-12-15-29)36(41)28-17-20-31(21-18-28)43-26-13-25-40(23-8-5-2)24-9-6-3/h17-22,27,29H,4-16,23-26H2,1-3H3,(H2,38,39,42). The van der Waals surface area contributed by atoms with Gasteiger partial charge >= 0.3 is 6.03 Å². The van der Waals surface area contributed by atoms with Gasteiger partial charge in [-0.05, 0) is 94.1 Å². The highest BCUT2D eigenvalue weighted by Gasteiger charge is 2.23. The number of carbonyl (C=O) groups is 2. The number of hydrogen-bond acceptors (Lipinski definition) is 5. The molecular weight excluding hydrogens is 550 g/mol. The molecule has 44 heavy (non-hydrogen) atoms. The van der Waals surface area contributed by atoms with Crippen LogP contribution in [-0.4, -0.2) is 49.0 Å². The highest BCUT2D eigenvalue weighted by atomic mass is 16.5. The Kier molecular flexibility index (Phi) is 13.6. The van der Waals surface area contributed by atoms with Crippen molar-refractivity contribution in [2.45, 2.75) is 110 Å². The SMILES string of the molecule is CCCCc1oc2ccc(NC(=O)NC3CCCCC3)cc2c1C(=O)c1ccc(OCCCN(CCCC)CCCC)cc1. The van der Waals surface area contributed by atoms with Crippen molar-refractivity contribution in [2.75, 3.05) is 31.6 Å². The average Bonchev–Trinajstić information content (AvgIpc) is 3.40. The quantitative estimate of drug-likeness (QED) is 0.112. The number of carbonyl (C=O) groups excluding carboxylic acids is 2. The number of fused-ring (bicyclic) bond motifs is 1. The molecule has 240 valence electrons. The third-order valence-corrected chi connectivity index (χ3v) is 8.60. The molecule has 3 aromatic rings. The summed E-state index contributed by atoms with van der Waals surface area (Å²) in [7, 11) is 0. The Bertz CT molecular complexity index is 1300. The normalized spacial score (nSPS) is 13.8. The van der Waals surface area contributed by atoms with E-state index < -0.39 is 0 Å². The summed E-state index contributed by atoms with van der Waals surface area (Å²) in [5, 5.41) is 6.81. The number of amides is 2. The third kappa shape index (κ3) is 9.85. The lowest BCUT2D eigenvalue weighted by molar-refractivity contribution is 0.103. The molecule has 0 spiro atoms. The first-order chi connectivity index (χ1) is 21.5. The van der Waals surface area contributed by atoms with E-state index >= 15 is 0 Å². The molecule has 1 heterocycles. The topological polar surface area (TPSA) is 83.8 Å². The van der Waals surface area contributed by atoms with Crippen LogP contribution in [-0.2, 0) is 6.42 Å². The van der Waals surface area contributed by atoms with E-state index in [1.54, 1.807) is 0 Å². The van der Waals surface area contributed by atoms with Crippen LogP contribution in [0.3, 0.4) is 0 Å². The first-order valence-corrected chi connectivity index (χ1v) is 17.1. The van der Waals surface area contributed by atoms with E-state index in [0.717, 1.165) is 75.7 Å². The zero-order valence-corrected chi connectivity index (χ0v) is 27.2. The van der Waals surface area contributed by atoms with E-state index in [1.165, 1.54) is 32.1 Å². The van der Waals surface area contributed by atoms with Crippen molar-refractivity contribution in [3.8, 4) is 5.75 Å². The minimum atomic E-state index is -0.205. The second-order valence-electron chi connectivity index (χ2n) is 12.3. The van der Waals surface area contributed by atoms with Gasteiger partial charge < -0.3 is 24.7 Å².